The Morgan fingerprint density at radius 2 is 1.94 bits per heavy atom. The number of carbonyl (C=O) groups excluding carboxylic acids is 1. The molecule has 3 N–H and O–H groups in total. The molecule has 0 spiro atoms. The van der Waals surface area contributed by atoms with Crippen molar-refractivity contribution in [3.63, 3.8) is 0 Å². The summed E-state index contributed by atoms with van der Waals surface area (Å²) in [5.41, 5.74) is 1.35. The molecular weight excluding hydrogens is 449 g/mol. The average Bonchev–Trinajstić information content (AvgIpc) is 3.62. The smallest absolute Gasteiger partial charge is 0.300 e. The van der Waals surface area contributed by atoms with Gasteiger partial charge in [0, 0.05) is 52.5 Å². The van der Waals surface area contributed by atoms with Gasteiger partial charge in [0.05, 0.1) is 5.69 Å². The number of halogens is 1. The van der Waals surface area contributed by atoms with Crippen molar-refractivity contribution >= 4 is 27.6 Å². The Hall–Kier alpha value is -2.83. The maximum Gasteiger partial charge on any atom is 0.300 e. The van der Waals surface area contributed by atoms with E-state index in [1.54, 1.807) is 18.3 Å². The van der Waals surface area contributed by atoms with Crippen LogP contribution < -0.4 is 19.7 Å². The van der Waals surface area contributed by atoms with Gasteiger partial charge in [0.25, 0.3) is 16.1 Å². The number of hydrogen-bond donors (Lipinski definition) is 3. The summed E-state index contributed by atoms with van der Waals surface area (Å²) < 4.78 is 43.8. The standard InChI is InChI=1S/C21H28FN7O3S/c1-23-21(30)17-4-5-18(20(22)26-17)29-10-8-28(9-11-29)14-16-6-7-24-19(12-16)27-33(31,32)25-13-15-2-3-15/h4-7,12,15,25H,2-3,8-11,13-14H2,1H3,(H,23,30)(H,24,27). The van der Waals surface area contributed by atoms with Gasteiger partial charge in [0.15, 0.2) is 0 Å². The molecule has 1 aliphatic carbocycles. The Morgan fingerprint density at radius 3 is 2.61 bits per heavy atom. The Balaban J connectivity index is 1.31. The van der Waals surface area contributed by atoms with E-state index in [0.29, 0.717) is 50.9 Å². The third-order valence-corrected chi connectivity index (χ3v) is 6.75. The van der Waals surface area contributed by atoms with Crippen LogP contribution in [0, 0.1) is 11.9 Å². The van der Waals surface area contributed by atoms with E-state index in [1.807, 2.05) is 11.0 Å². The Kier molecular flexibility index (Phi) is 7.05. The number of anilines is 2. The SMILES string of the molecule is CNC(=O)c1ccc(N2CCN(Cc3ccnc(NS(=O)(=O)NCC4CC4)c3)CC2)c(F)n1. The molecule has 1 saturated carbocycles. The number of piperazine rings is 1. The third-order valence-electron chi connectivity index (χ3n) is 5.73. The van der Waals surface area contributed by atoms with Crippen LogP contribution in [0.15, 0.2) is 30.5 Å². The highest BCUT2D eigenvalue weighted by molar-refractivity contribution is 7.90. The molecule has 2 aromatic rings. The Morgan fingerprint density at radius 1 is 1.18 bits per heavy atom. The fraction of sp³-hybridized carbons (Fsp3) is 0.476. The van der Waals surface area contributed by atoms with Gasteiger partial charge in [-0.05, 0) is 48.6 Å². The van der Waals surface area contributed by atoms with E-state index < -0.39 is 22.1 Å². The highest BCUT2D eigenvalue weighted by Crippen LogP contribution is 2.27. The van der Waals surface area contributed by atoms with Gasteiger partial charge in [-0.1, -0.05) is 0 Å². The summed E-state index contributed by atoms with van der Waals surface area (Å²) >= 11 is 0. The van der Waals surface area contributed by atoms with Crippen molar-refractivity contribution in [2.45, 2.75) is 19.4 Å². The number of rotatable bonds is 9. The summed E-state index contributed by atoms with van der Waals surface area (Å²) in [5, 5.41) is 2.43. The second-order valence-electron chi connectivity index (χ2n) is 8.30. The minimum atomic E-state index is -3.64. The highest BCUT2D eigenvalue weighted by atomic mass is 32.2. The van der Waals surface area contributed by atoms with E-state index in [4.69, 9.17) is 0 Å². The van der Waals surface area contributed by atoms with Gasteiger partial charge < -0.3 is 10.2 Å². The second-order valence-corrected chi connectivity index (χ2v) is 9.80. The van der Waals surface area contributed by atoms with Crippen LogP contribution in [-0.2, 0) is 16.8 Å². The van der Waals surface area contributed by atoms with Crippen molar-refractivity contribution in [1.82, 2.24) is 24.9 Å². The lowest BCUT2D eigenvalue weighted by Crippen LogP contribution is -2.46. The van der Waals surface area contributed by atoms with Crippen LogP contribution in [0.3, 0.4) is 0 Å². The molecular formula is C21H28FN7O3S. The van der Waals surface area contributed by atoms with Crippen LogP contribution >= 0.6 is 0 Å². The molecule has 12 heteroatoms. The lowest BCUT2D eigenvalue weighted by molar-refractivity contribution is 0.0957. The summed E-state index contributed by atoms with van der Waals surface area (Å²) in [7, 11) is -2.17. The van der Waals surface area contributed by atoms with Crippen LogP contribution in [0.5, 0.6) is 0 Å². The molecule has 0 radical (unpaired) electrons. The first-order valence-corrected chi connectivity index (χ1v) is 12.4. The Bertz CT molecular complexity index is 1100. The first kappa shape index (κ1) is 23.3. The molecule has 1 amide bonds. The number of nitrogens with one attached hydrogen (secondary N) is 3. The molecule has 4 rings (SSSR count). The maximum absolute atomic E-state index is 14.4. The van der Waals surface area contributed by atoms with Gasteiger partial charge in [-0.2, -0.15) is 17.5 Å². The van der Waals surface area contributed by atoms with E-state index in [-0.39, 0.29) is 11.5 Å². The van der Waals surface area contributed by atoms with Crippen molar-refractivity contribution in [1.29, 1.82) is 0 Å². The molecule has 178 valence electrons. The number of amides is 1. The van der Waals surface area contributed by atoms with Crippen LogP contribution in [0.2, 0.25) is 0 Å². The third kappa shape index (κ3) is 6.36. The topological polar surface area (TPSA) is 120 Å². The molecule has 3 heterocycles. The zero-order chi connectivity index (χ0) is 23.4. The van der Waals surface area contributed by atoms with Gasteiger partial charge in [-0.3, -0.25) is 14.4 Å². The second kappa shape index (κ2) is 9.98. The molecule has 0 bridgehead atoms. The molecule has 2 fully saturated rings. The monoisotopic (exact) mass is 477 g/mol. The van der Waals surface area contributed by atoms with Crippen molar-refractivity contribution in [3.05, 3.63) is 47.7 Å². The normalized spacial score (nSPS) is 17.1. The van der Waals surface area contributed by atoms with Gasteiger partial charge in [0.2, 0.25) is 5.95 Å². The van der Waals surface area contributed by atoms with Crippen LogP contribution in [0.1, 0.15) is 28.9 Å². The van der Waals surface area contributed by atoms with Gasteiger partial charge >= 0.3 is 0 Å². The van der Waals surface area contributed by atoms with Gasteiger partial charge in [-0.15, -0.1) is 0 Å². The number of hydrogen-bond acceptors (Lipinski definition) is 7. The van der Waals surface area contributed by atoms with Crippen LogP contribution in [0.25, 0.3) is 0 Å². The first-order valence-electron chi connectivity index (χ1n) is 10.9. The van der Waals surface area contributed by atoms with Gasteiger partial charge in [-0.25, -0.2) is 9.97 Å². The fourth-order valence-corrected chi connectivity index (χ4v) is 4.59. The van der Waals surface area contributed by atoms with Crippen molar-refractivity contribution < 1.29 is 17.6 Å². The fourth-order valence-electron chi connectivity index (χ4n) is 3.67. The molecule has 10 nitrogen and oxygen atoms in total. The van der Waals surface area contributed by atoms with E-state index in [1.165, 1.54) is 13.1 Å². The summed E-state index contributed by atoms with van der Waals surface area (Å²) in [6, 6.07) is 6.68. The van der Waals surface area contributed by atoms with E-state index in [2.05, 4.69) is 29.6 Å². The summed E-state index contributed by atoms with van der Waals surface area (Å²) in [5.74, 6) is -0.370. The molecule has 33 heavy (non-hydrogen) atoms. The van der Waals surface area contributed by atoms with Crippen molar-refractivity contribution in [2.24, 2.45) is 5.92 Å². The summed E-state index contributed by atoms with van der Waals surface area (Å²) in [6.45, 7) is 3.67. The molecule has 1 saturated heterocycles. The first-order chi connectivity index (χ1) is 15.8. The van der Waals surface area contributed by atoms with E-state index >= 15 is 0 Å². The number of carbonyl (C=O) groups is 1. The minimum Gasteiger partial charge on any atom is -0.365 e. The van der Waals surface area contributed by atoms with Crippen molar-refractivity contribution in [2.75, 3.05) is 49.4 Å². The largest absolute Gasteiger partial charge is 0.365 e. The molecule has 2 aromatic heterocycles. The van der Waals surface area contributed by atoms with E-state index in [9.17, 15) is 17.6 Å². The molecule has 0 aromatic carbocycles. The van der Waals surface area contributed by atoms with Crippen LogP contribution in [-0.4, -0.2) is 69.0 Å². The molecule has 1 aliphatic heterocycles. The molecule has 2 aliphatic rings. The maximum atomic E-state index is 14.4. The molecule has 0 unspecified atom stereocenters. The zero-order valence-electron chi connectivity index (χ0n) is 18.4. The average molecular weight is 478 g/mol. The predicted molar refractivity (Wildman–Crippen MR) is 123 cm³/mol. The lowest BCUT2D eigenvalue weighted by atomic mass is 10.2. The molecule has 0 atom stereocenters. The zero-order valence-corrected chi connectivity index (χ0v) is 19.2. The van der Waals surface area contributed by atoms with E-state index in [0.717, 1.165) is 18.4 Å². The van der Waals surface area contributed by atoms with Crippen LogP contribution in [0.4, 0.5) is 15.9 Å². The predicted octanol–water partition coefficient (Wildman–Crippen LogP) is 0.954. The quantitative estimate of drug-likeness (QED) is 0.460. The lowest BCUT2D eigenvalue weighted by Gasteiger charge is -2.36. The number of aromatic nitrogens is 2. The summed E-state index contributed by atoms with van der Waals surface area (Å²) in [4.78, 5) is 23.6. The summed E-state index contributed by atoms with van der Waals surface area (Å²) in [6.07, 6.45) is 3.71. The Labute approximate surface area is 192 Å². The van der Waals surface area contributed by atoms with Crippen molar-refractivity contribution in [3.8, 4) is 0 Å². The minimum absolute atomic E-state index is 0.0456. The number of nitrogens with zero attached hydrogens (tertiary/aromatic N) is 4. The van der Waals surface area contributed by atoms with Gasteiger partial charge in [0.1, 0.15) is 11.5 Å². The highest BCUT2D eigenvalue weighted by Gasteiger charge is 2.24. The number of pyridine rings is 2.